The molecule has 0 radical (unpaired) electrons. The Labute approximate surface area is 133 Å². The zero-order valence-electron chi connectivity index (χ0n) is 12.2. The van der Waals surface area contributed by atoms with Gasteiger partial charge in [0.25, 0.3) is 0 Å². The van der Waals surface area contributed by atoms with Crippen LogP contribution in [-0.2, 0) is 9.59 Å². The Balaban J connectivity index is 1.90. The summed E-state index contributed by atoms with van der Waals surface area (Å²) in [6.07, 6.45) is 1.26. The highest BCUT2D eigenvalue weighted by Crippen LogP contribution is 2.36. The van der Waals surface area contributed by atoms with Gasteiger partial charge in [0.1, 0.15) is 6.04 Å². The molecule has 0 aliphatic carbocycles. The number of benzene rings is 1. The topological polar surface area (TPSA) is 70.2 Å². The Hall–Kier alpha value is -1.40. The third-order valence-electron chi connectivity index (χ3n) is 3.58. The minimum Gasteiger partial charge on any atom is -0.354 e. The van der Waals surface area contributed by atoms with Gasteiger partial charge in [-0.2, -0.15) is 0 Å². The molecular formula is C15H20BrN3O2. The van der Waals surface area contributed by atoms with E-state index in [2.05, 4.69) is 31.9 Å². The molecule has 2 unspecified atom stereocenters. The molecule has 0 saturated carbocycles. The molecule has 3 N–H and O–H groups in total. The Bertz CT molecular complexity index is 548. The van der Waals surface area contributed by atoms with Crippen molar-refractivity contribution in [2.75, 3.05) is 11.9 Å². The number of fused-ring (bicyclic) bond motifs is 1. The molecule has 0 spiro atoms. The van der Waals surface area contributed by atoms with Gasteiger partial charge in [0, 0.05) is 34.7 Å². The highest BCUT2D eigenvalue weighted by molar-refractivity contribution is 9.10. The number of hydrogen-bond donors (Lipinski definition) is 3. The fourth-order valence-electron chi connectivity index (χ4n) is 2.25. The summed E-state index contributed by atoms with van der Waals surface area (Å²) in [5, 5.41) is 8.89. The lowest BCUT2D eigenvalue weighted by Crippen LogP contribution is -2.35. The first-order chi connectivity index (χ1) is 10.0. The van der Waals surface area contributed by atoms with E-state index in [-0.39, 0.29) is 17.9 Å². The van der Waals surface area contributed by atoms with Gasteiger partial charge >= 0.3 is 0 Å². The number of anilines is 1. The Kier molecular flexibility index (Phi) is 5.36. The maximum Gasteiger partial charge on any atom is 0.246 e. The van der Waals surface area contributed by atoms with Gasteiger partial charge in [-0.05, 0) is 25.5 Å². The second-order valence-corrected chi connectivity index (χ2v) is 6.06. The van der Waals surface area contributed by atoms with Crippen molar-refractivity contribution in [2.24, 2.45) is 0 Å². The molecule has 1 aromatic carbocycles. The van der Waals surface area contributed by atoms with E-state index in [1.165, 1.54) is 0 Å². The van der Waals surface area contributed by atoms with E-state index in [4.69, 9.17) is 0 Å². The van der Waals surface area contributed by atoms with Crippen LogP contribution in [0.2, 0.25) is 0 Å². The van der Waals surface area contributed by atoms with Gasteiger partial charge in [-0.1, -0.05) is 28.9 Å². The molecule has 6 heteroatoms. The van der Waals surface area contributed by atoms with E-state index in [9.17, 15) is 9.59 Å². The summed E-state index contributed by atoms with van der Waals surface area (Å²) in [4.78, 5) is 23.7. The first-order valence-electron chi connectivity index (χ1n) is 7.15. The number of rotatable bonds is 6. The Morgan fingerprint density at radius 2 is 2.24 bits per heavy atom. The van der Waals surface area contributed by atoms with Crippen LogP contribution in [0.1, 0.15) is 38.3 Å². The molecule has 114 valence electrons. The van der Waals surface area contributed by atoms with E-state index in [0.717, 1.165) is 22.1 Å². The molecule has 1 aliphatic heterocycles. The van der Waals surface area contributed by atoms with E-state index >= 15 is 0 Å². The summed E-state index contributed by atoms with van der Waals surface area (Å²) >= 11 is 3.47. The van der Waals surface area contributed by atoms with Crippen LogP contribution in [0.4, 0.5) is 5.69 Å². The van der Waals surface area contributed by atoms with Crippen molar-refractivity contribution in [3.05, 3.63) is 28.2 Å². The van der Waals surface area contributed by atoms with Crippen LogP contribution in [0.15, 0.2) is 22.7 Å². The van der Waals surface area contributed by atoms with Crippen LogP contribution < -0.4 is 16.0 Å². The van der Waals surface area contributed by atoms with Gasteiger partial charge in [0.2, 0.25) is 11.8 Å². The van der Waals surface area contributed by atoms with Crippen LogP contribution in [0, 0.1) is 0 Å². The smallest absolute Gasteiger partial charge is 0.246 e. The predicted octanol–water partition coefficient (Wildman–Crippen LogP) is 2.34. The van der Waals surface area contributed by atoms with E-state index in [1.807, 2.05) is 32.0 Å². The lowest BCUT2D eigenvalue weighted by molar-refractivity contribution is -0.122. The van der Waals surface area contributed by atoms with Crippen molar-refractivity contribution >= 4 is 33.4 Å². The van der Waals surface area contributed by atoms with Gasteiger partial charge < -0.3 is 16.0 Å². The zero-order chi connectivity index (χ0) is 15.4. The summed E-state index contributed by atoms with van der Waals surface area (Å²) in [5.74, 6) is -0.0816. The summed E-state index contributed by atoms with van der Waals surface area (Å²) in [6.45, 7) is 4.46. The zero-order valence-corrected chi connectivity index (χ0v) is 13.8. The maximum atomic E-state index is 12.0. The number of halogens is 1. The second kappa shape index (κ2) is 7.04. The van der Waals surface area contributed by atoms with Crippen LogP contribution in [0.25, 0.3) is 0 Å². The van der Waals surface area contributed by atoms with E-state index < -0.39 is 6.04 Å². The van der Waals surface area contributed by atoms with Crippen molar-refractivity contribution < 1.29 is 9.59 Å². The molecule has 2 atom stereocenters. The second-order valence-electron chi connectivity index (χ2n) is 5.20. The quantitative estimate of drug-likeness (QED) is 0.734. The molecule has 2 amide bonds. The van der Waals surface area contributed by atoms with Gasteiger partial charge in [-0.15, -0.1) is 0 Å². The fraction of sp³-hybridized carbons (Fsp3) is 0.467. The van der Waals surface area contributed by atoms with Crippen molar-refractivity contribution in [2.45, 2.75) is 38.8 Å². The maximum absolute atomic E-state index is 12.0. The van der Waals surface area contributed by atoms with Gasteiger partial charge in [0.05, 0.1) is 0 Å². The summed E-state index contributed by atoms with van der Waals surface area (Å²) in [5.41, 5.74) is 1.72. The van der Waals surface area contributed by atoms with Crippen molar-refractivity contribution in [1.29, 1.82) is 0 Å². The number of amides is 2. The normalized spacial score (nSPS) is 18.0. The van der Waals surface area contributed by atoms with E-state index in [1.54, 1.807) is 0 Å². The largest absolute Gasteiger partial charge is 0.354 e. The third-order valence-corrected chi connectivity index (χ3v) is 4.27. The average Bonchev–Trinajstić information content (AvgIpc) is 2.76. The van der Waals surface area contributed by atoms with Gasteiger partial charge in [0.15, 0.2) is 0 Å². The third kappa shape index (κ3) is 3.83. The SMILES string of the molecule is CCC(C)NC(=O)CCNC1C(=O)Nc2cccc(Br)c21. The average molecular weight is 354 g/mol. The summed E-state index contributed by atoms with van der Waals surface area (Å²) in [7, 11) is 0. The van der Waals surface area contributed by atoms with Crippen molar-refractivity contribution in [1.82, 2.24) is 10.6 Å². The standard InChI is InChI=1S/C15H20BrN3O2/c1-3-9(2)18-12(20)7-8-17-14-13-10(16)5-4-6-11(13)19-15(14)21/h4-6,9,14,17H,3,7-8H2,1-2H3,(H,18,20)(H,19,21). The molecule has 0 bridgehead atoms. The molecule has 1 aliphatic rings. The Morgan fingerprint density at radius 3 is 2.95 bits per heavy atom. The summed E-state index contributed by atoms with van der Waals surface area (Å²) in [6, 6.07) is 5.43. The lowest BCUT2D eigenvalue weighted by Gasteiger charge is -2.14. The molecular weight excluding hydrogens is 334 g/mol. The molecule has 21 heavy (non-hydrogen) atoms. The predicted molar refractivity (Wildman–Crippen MR) is 86.0 cm³/mol. The van der Waals surface area contributed by atoms with Gasteiger partial charge in [-0.25, -0.2) is 0 Å². The minimum atomic E-state index is -0.410. The number of carbonyl (C=O) groups excluding carboxylic acids is 2. The molecule has 1 heterocycles. The number of carbonyl (C=O) groups is 2. The van der Waals surface area contributed by atoms with Crippen LogP contribution >= 0.6 is 15.9 Å². The Morgan fingerprint density at radius 1 is 1.48 bits per heavy atom. The molecule has 0 saturated heterocycles. The molecule has 0 fully saturated rings. The highest BCUT2D eigenvalue weighted by Gasteiger charge is 2.31. The molecule has 1 aromatic rings. The van der Waals surface area contributed by atoms with Crippen LogP contribution in [0.3, 0.4) is 0 Å². The van der Waals surface area contributed by atoms with Crippen LogP contribution in [0.5, 0.6) is 0 Å². The molecule has 0 aromatic heterocycles. The fourth-order valence-corrected chi connectivity index (χ4v) is 2.84. The van der Waals surface area contributed by atoms with E-state index in [0.29, 0.717) is 13.0 Å². The number of nitrogens with one attached hydrogen (secondary N) is 3. The monoisotopic (exact) mass is 353 g/mol. The first kappa shape index (κ1) is 16.0. The minimum absolute atomic E-state index is 0.00241. The highest BCUT2D eigenvalue weighted by atomic mass is 79.9. The molecule has 2 rings (SSSR count). The van der Waals surface area contributed by atoms with Crippen molar-refractivity contribution in [3.8, 4) is 0 Å². The van der Waals surface area contributed by atoms with Crippen LogP contribution in [-0.4, -0.2) is 24.4 Å². The first-order valence-corrected chi connectivity index (χ1v) is 7.94. The van der Waals surface area contributed by atoms with Gasteiger partial charge in [-0.3, -0.25) is 9.59 Å². The number of hydrogen-bond acceptors (Lipinski definition) is 3. The summed E-state index contributed by atoms with van der Waals surface area (Å²) < 4.78 is 0.889. The molecule has 5 nitrogen and oxygen atoms in total. The van der Waals surface area contributed by atoms with Crippen molar-refractivity contribution in [3.63, 3.8) is 0 Å². The lowest BCUT2D eigenvalue weighted by atomic mass is 10.1.